The van der Waals surface area contributed by atoms with E-state index in [4.69, 9.17) is 0 Å². The third-order valence-electron chi connectivity index (χ3n) is 1.95. The second-order valence-corrected chi connectivity index (χ2v) is 4.83. The minimum atomic E-state index is -0.207. The number of carbonyl (C=O) groups excluding carboxylic acids is 1. The molecule has 0 rings (SSSR count). The normalized spacial score (nSPS) is 15.5. The van der Waals surface area contributed by atoms with Gasteiger partial charge in [-0.25, -0.2) is 0 Å². The highest BCUT2D eigenvalue weighted by molar-refractivity contribution is 7.81. The lowest BCUT2D eigenvalue weighted by Crippen LogP contribution is -2.36. The second kappa shape index (κ2) is 6.30. The molecule has 0 bridgehead atoms. The summed E-state index contributed by atoms with van der Waals surface area (Å²) in [6, 6.07) is 0.268. The maximum Gasteiger partial charge on any atom is 0.232 e. The van der Waals surface area contributed by atoms with Crippen LogP contribution < -0.4 is 5.32 Å². The fraction of sp³-hybridized carbons (Fsp3) is 0.900. The van der Waals surface area contributed by atoms with Gasteiger partial charge in [0.05, 0.1) is 5.25 Å². The summed E-state index contributed by atoms with van der Waals surface area (Å²) in [5.74, 6) is 0.729. The van der Waals surface area contributed by atoms with Crippen LogP contribution in [0.3, 0.4) is 0 Å². The lowest BCUT2D eigenvalue weighted by molar-refractivity contribution is -0.120. The van der Waals surface area contributed by atoms with Gasteiger partial charge in [-0.15, -0.1) is 0 Å². The standard InChI is InChI=1S/C10H21NOS/c1-7(2)5-6-8(3)11-10(12)9(4)13/h7-9,13H,5-6H2,1-4H3,(H,11,12). The number of thiol groups is 1. The van der Waals surface area contributed by atoms with Crippen LogP contribution >= 0.6 is 12.6 Å². The van der Waals surface area contributed by atoms with E-state index in [0.717, 1.165) is 12.8 Å². The molecule has 0 aliphatic heterocycles. The van der Waals surface area contributed by atoms with E-state index in [1.807, 2.05) is 6.92 Å². The molecular weight excluding hydrogens is 182 g/mol. The molecule has 3 heteroatoms. The summed E-state index contributed by atoms with van der Waals surface area (Å²) in [5, 5.41) is 2.71. The molecule has 0 aromatic carbocycles. The van der Waals surface area contributed by atoms with E-state index >= 15 is 0 Å². The molecule has 2 atom stereocenters. The SMILES string of the molecule is CC(C)CCC(C)NC(=O)C(C)S. The molecule has 1 N–H and O–H groups in total. The highest BCUT2D eigenvalue weighted by atomic mass is 32.1. The summed E-state index contributed by atoms with van der Waals surface area (Å²) >= 11 is 4.06. The van der Waals surface area contributed by atoms with Crippen molar-refractivity contribution in [2.45, 2.75) is 51.8 Å². The van der Waals surface area contributed by atoms with E-state index in [2.05, 4.69) is 31.8 Å². The van der Waals surface area contributed by atoms with Gasteiger partial charge in [0.1, 0.15) is 0 Å². The molecule has 0 saturated carbocycles. The maximum absolute atomic E-state index is 11.2. The molecule has 0 aliphatic carbocycles. The Balaban J connectivity index is 3.62. The lowest BCUT2D eigenvalue weighted by atomic mass is 10.0. The number of amides is 1. The van der Waals surface area contributed by atoms with Crippen LogP contribution in [0.5, 0.6) is 0 Å². The monoisotopic (exact) mass is 203 g/mol. The molecule has 13 heavy (non-hydrogen) atoms. The van der Waals surface area contributed by atoms with Crippen molar-refractivity contribution >= 4 is 18.5 Å². The predicted molar refractivity (Wildman–Crippen MR) is 60.1 cm³/mol. The van der Waals surface area contributed by atoms with Crippen molar-refractivity contribution in [1.82, 2.24) is 5.32 Å². The van der Waals surface area contributed by atoms with Gasteiger partial charge in [0.15, 0.2) is 0 Å². The molecular formula is C10H21NOS. The van der Waals surface area contributed by atoms with Crippen LogP contribution in [0.4, 0.5) is 0 Å². The fourth-order valence-electron chi connectivity index (χ4n) is 1.02. The van der Waals surface area contributed by atoms with Gasteiger partial charge in [0.2, 0.25) is 5.91 Å². The molecule has 1 amide bonds. The van der Waals surface area contributed by atoms with Gasteiger partial charge < -0.3 is 5.32 Å². The van der Waals surface area contributed by atoms with Crippen molar-refractivity contribution in [3.63, 3.8) is 0 Å². The van der Waals surface area contributed by atoms with E-state index < -0.39 is 0 Å². The fourth-order valence-corrected chi connectivity index (χ4v) is 1.09. The number of nitrogens with one attached hydrogen (secondary N) is 1. The zero-order valence-electron chi connectivity index (χ0n) is 9.00. The van der Waals surface area contributed by atoms with Crippen LogP contribution in [0.2, 0.25) is 0 Å². The molecule has 0 fully saturated rings. The summed E-state index contributed by atoms with van der Waals surface area (Å²) in [6.45, 7) is 8.20. The predicted octanol–water partition coefficient (Wildman–Crippen LogP) is 2.25. The van der Waals surface area contributed by atoms with Crippen molar-refractivity contribution in [3.05, 3.63) is 0 Å². The highest BCUT2D eigenvalue weighted by Crippen LogP contribution is 2.06. The average molecular weight is 203 g/mol. The van der Waals surface area contributed by atoms with Crippen molar-refractivity contribution in [3.8, 4) is 0 Å². The van der Waals surface area contributed by atoms with Crippen LogP contribution in [0.25, 0.3) is 0 Å². The third-order valence-corrected chi connectivity index (χ3v) is 2.18. The van der Waals surface area contributed by atoms with Gasteiger partial charge >= 0.3 is 0 Å². The highest BCUT2D eigenvalue weighted by Gasteiger charge is 2.11. The van der Waals surface area contributed by atoms with E-state index in [-0.39, 0.29) is 17.2 Å². The van der Waals surface area contributed by atoms with Crippen LogP contribution in [0.15, 0.2) is 0 Å². The minimum Gasteiger partial charge on any atom is -0.353 e. The molecule has 2 unspecified atom stereocenters. The second-order valence-electron chi connectivity index (χ2n) is 4.06. The lowest BCUT2D eigenvalue weighted by Gasteiger charge is -2.16. The first-order valence-electron chi connectivity index (χ1n) is 4.92. The summed E-state index contributed by atoms with van der Waals surface area (Å²) in [4.78, 5) is 11.2. The van der Waals surface area contributed by atoms with E-state index in [0.29, 0.717) is 5.92 Å². The average Bonchev–Trinajstić information content (AvgIpc) is 2.00. The van der Waals surface area contributed by atoms with Crippen molar-refractivity contribution < 1.29 is 4.79 Å². The Kier molecular flexibility index (Phi) is 6.21. The molecule has 0 spiro atoms. The third kappa shape index (κ3) is 6.94. The first kappa shape index (κ1) is 12.8. The van der Waals surface area contributed by atoms with Gasteiger partial charge in [-0.1, -0.05) is 13.8 Å². The van der Waals surface area contributed by atoms with Gasteiger partial charge in [0.25, 0.3) is 0 Å². The smallest absolute Gasteiger partial charge is 0.232 e. The number of rotatable bonds is 5. The van der Waals surface area contributed by atoms with Crippen LogP contribution in [0, 0.1) is 5.92 Å². The van der Waals surface area contributed by atoms with Gasteiger partial charge in [-0.3, -0.25) is 4.79 Å². The van der Waals surface area contributed by atoms with E-state index in [9.17, 15) is 4.79 Å². The maximum atomic E-state index is 11.2. The molecule has 0 aromatic heterocycles. The van der Waals surface area contributed by atoms with E-state index in [1.165, 1.54) is 0 Å². The first-order valence-corrected chi connectivity index (χ1v) is 5.43. The quantitative estimate of drug-likeness (QED) is 0.659. The topological polar surface area (TPSA) is 29.1 Å². The molecule has 0 saturated heterocycles. The van der Waals surface area contributed by atoms with Crippen molar-refractivity contribution in [2.24, 2.45) is 5.92 Å². The van der Waals surface area contributed by atoms with Crippen LogP contribution in [-0.2, 0) is 4.79 Å². The molecule has 0 heterocycles. The molecule has 78 valence electrons. The van der Waals surface area contributed by atoms with Crippen LogP contribution in [0.1, 0.15) is 40.5 Å². The Morgan fingerprint density at radius 2 is 1.77 bits per heavy atom. The molecule has 0 aliphatic rings. The molecule has 0 aromatic rings. The van der Waals surface area contributed by atoms with Crippen LogP contribution in [-0.4, -0.2) is 17.2 Å². The largest absolute Gasteiger partial charge is 0.353 e. The summed E-state index contributed by atoms with van der Waals surface area (Å²) in [7, 11) is 0. The number of hydrogen-bond donors (Lipinski definition) is 2. The Morgan fingerprint density at radius 1 is 1.23 bits per heavy atom. The van der Waals surface area contributed by atoms with Crippen molar-refractivity contribution in [1.29, 1.82) is 0 Å². The molecule has 2 nitrogen and oxygen atoms in total. The Bertz CT molecular complexity index is 157. The van der Waals surface area contributed by atoms with Crippen molar-refractivity contribution in [2.75, 3.05) is 0 Å². The number of hydrogen-bond acceptors (Lipinski definition) is 2. The Morgan fingerprint density at radius 3 is 2.15 bits per heavy atom. The summed E-state index contributed by atoms with van der Waals surface area (Å²) in [5.41, 5.74) is 0. The minimum absolute atomic E-state index is 0.0274. The van der Waals surface area contributed by atoms with Gasteiger partial charge in [-0.05, 0) is 32.6 Å². The Hall–Kier alpha value is -0.180. The van der Waals surface area contributed by atoms with E-state index in [1.54, 1.807) is 6.92 Å². The molecule has 0 radical (unpaired) electrons. The zero-order valence-corrected chi connectivity index (χ0v) is 9.90. The zero-order chi connectivity index (χ0) is 10.4. The Labute approximate surface area is 86.9 Å². The summed E-state index contributed by atoms with van der Waals surface area (Å²) in [6.07, 6.45) is 2.20. The number of carbonyl (C=O) groups is 1. The summed E-state index contributed by atoms with van der Waals surface area (Å²) < 4.78 is 0. The van der Waals surface area contributed by atoms with Gasteiger partial charge in [-0.2, -0.15) is 12.6 Å². The van der Waals surface area contributed by atoms with Gasteiger partial charge in [0, 0.05) is 6.04 Å². The first-order chi connectivity index (χ1) is 5.93.